The van der Waals surface area contributed by atoms with E-state index in [4.69, 9.17) is 10.5 Å². The average molecular weight is 218 g/mol. The van der Waals surface area contributed by atoms with Gasteiger partial charge in [-0.25, -0.2) is 4.31 Å². The van der Waals surface area contributed by atoms with Crippen LogP contribution in [0.5, 0.6) is 0 Å². The lowest BCUT2D eigenvalue weighted by atomic mass is 10.3. The molecule has 0 spiro atoms. The van der Waals surface area contributed by atoms with Gasteiger partial charge in [0.1, 0.15) is 0 Å². The van der Waals surface area contributed by atoms with Crippen molar-refractivity contribution in [3.63, 3.8) is 0 Å². The number of hydrogen-bond acceptors (Lipinski definition) is 4. The van der Waals surface area contributed by atoms with E-state index in [-0.39, 0.29) is 18.1 Å². The minimum absolute atomic E-state index is 0.230. The number of ether oxygens (including phenoxy) is 1. The fourth-order valence-electron chi connectivity index (χ4n) is 1.51. The standard InChI is InChI=1S/C9H18N2O2S/c1-7-5-11(6-8(2)13-7)14-4-3-9(10)12/h7-8H,3-6H2,1-2H3,(H2,10,12). The normalized spacial score (nSPS) is 29.0. The molecule has 82 valence electrons. The van der Waals surface area contributed by atoms with Crippen LogP contribution in [0.4, 0.5) is 0 Å². The van der Waals surface area contributed by atoms with E-state index in [0.29, 0.717) is 6.42 Å². The third-order valence-corrected chi connectivity index (χ3v) is 3.06. The molecule has 0 bridgehead atoms. The summed E-state index contributed by atoms with van der Waals surface area (Å²) in [6, 6.07) is 0. The molecule has 5 heteroatoms. The lowest BCUT2D eigenvalue weighted by molar-refractivity contribution is -0.117. The quantitative estimate of drug-likeness (QED) is 0.703. The van der Waals surface area contributed by atoms with Gasteiger partial charge in [-0.2, -0.15) is 0 Å². The largest absolute Gasteiger partial charge is 0.373 e. The summed E-state index contributed by atoms with van der Waals surface area (Å²) >= 11 is 1.69. The molecule has 0 aliphatic carbocycles. The Kier molecular flexibility index (Phi) is 4.71. The molecule has 2 atom stereocenters. The minimum Gasteiger partial charge on any atom is -0.373 e. The lowest BCUT2D eigenvalue weighted by Gasteiger charge is -2.34. The highest BCUT2D eigenvalue weighted by molar-refractivity contribution is 7.97. The highest BCUT2D eigenvalue weighted by atomic mass is 32.2. The van der Waals surface area contributed by atoms with Crippen LogP contribution in [0.3, 0.4) is 0 Å². The molecular weight excluding hydrogens is 200 g/mol. The summed E-state index contributed by atoms with van der Waals surface area (Å²) in [4.78, 5) is 10.5. The van der Waals surface area contributed by atoms with Crippen LogP contribution in [0.2, 0.25) is 0 Å². The molecule has 1 rings (SSSR count). The molecule has 2 N–H and O–H groups in total. The third-order valence-electron chi connectivity index (χ3n) is 2.01. The SMILES string of the molecule is CC1CN(SCCC(N)=O)CC(C)O1. The first-order valence-electron chi connectivity index (χ1n) is 4.89. The zero-order valence-corrected chi connectivity index (χ0v) is 9.55. The van der Waals surface area contributed by atoms with Crippen LogP contribution in [0.15, 0.2) is 0 Å². The van der Waals surface area contributed by atoms with Gasteiger partial charge in [-0.05, 0) is 13.8 Å². The van der Waals surface area contributed by atoms with Crippen molar-refractivity contribution in [2.75, 3.05) is 18.8 Å². The van der Waals surface area contributed by atoms with E-state index in [2.05, 4.69) is 18.2 Å². The van der Waals surface area contributed by atoms with E-state index in [1.54, 1.807) is 11.9 Å². The van der Waals surface area contributed by atoms with Crippen molar-refractivity contribution < 1.29 is 9.53 Å². The Hall–Kier alpha value is -0.260. The Bertz CT molecular complexity index is 191. The van der Waals surface area contributed by atoms with Gasteiger partial charge in [-0.3, -0.25) is 4.79 Å². The van der Waals surface area contributed by atoms with Gasteiger partial charge in [-0.15, -0.1) is 0 Å². The number of nitrogens with zero attached hydrogens (tertiary/aromatic N) is 1. The van der Waals surface area contributed by atoms with E-state index in [1.165, 1.54) is 0 Å². The second-order valence-corrected chi connectivity index (χ2v) is 4.84. The van der Waals surface area contributed by atoms with Crippen LogP contribution in [0.1, 0.15) is 20.3 Å². The van der Waals surface area contributed by atoms with E-state index in [9.17, 15) is 4.79 Å². The fraction of sp³-hybridized carbons (Fsp3) is 0.889. The first kappa shape index (κ1) is 11.8. The molecular formula is C9H18N2O2S. The van der Waals surface area contributed by atoms with Crippen molar-refractivity contribution in [3.8, 4) is 0 Å². The Morgan fingerprint density at radius 2 is 2.07 bits per heavy atom. The van der Waals surface area contributed by atoms with Crippen molar-refractivity contribution in [1.82, 2.24) is 4.31 Å². The molecule has 0 aromatic heterocycles. The van der Waals surface area contributed by atoms with Crippen molar-refractivity contribution in [1.29, 1.82) is 0 Å². The van der Waals surface area contributed by atoms with Gasteiger partial charge < -0.3 is 10.5 Å². The summed E-state index contributed by atoms with van der Waals surface area (Å²) in [5.41, 5.74) is 5.07. The summed E-state index contributed by atoms with van der Waals surface area (Å²) in [5, 5.41) is 0. The number of morpholine rings is 1. The van der Waals surface area contributed by atoms with Gasteiger partial charge in [0.15, 0.2) is 0 Å². The second kappa shape index (κ2) is 5.58. The Morgan fingerprint density at radius 3 is 2.57 bits per heavy atom. The molecule has 1 amide bonds. The molecule has 0 saturated carbocycles. The predicted molar refractivity (Wildman–Crippen MR) is 57.9 cm³/mol. The zero-order chi connectivity index (χ0) is 10.6. The molecule has 1 saturated heterocycles. The smallest absolute Gasteiger partial charge is 0.218 e. The number of carbonyl (C=O) groups is 1. The molecule has 4 nitrogen and oxygen atoms in total. The maximum Gasteiger partial charge on any atom is 0.218 e. The Morgan fingerprint density at radius 1 is 1.50 bits per heavy atom. The van der Waals surface area contributed by atoms with Gasteiger partial charge in [-0.1, -0.05) is 11.9 Å². The Balaban J connectivity index is 2.20. The van der Waals surface area contributed by atoms with E-state index in [0.717, 1.165) is 18.8 Å². The molecule has 1 heterocycles. The summed E-state index contributed by atoms with van der Waals surface area (Å²) < 4.78 is 7.85. The summed E-state index contributed by atoms with van der Waals surface area (Å²) in [5.74, 6) is 0.543. The maximum atomic E-state index is 10.5. The van der Waals surface area contributed by atoms with Crippen LogP contribution < -0.4 is 5.73 Å². The number of primary amides is 1. The van der Waals surface area contributed by atoms with Crippen LogP contribution in [0, 0.1) is 0 Å². The van der Waals surface area contributed by atoms with Crippen molar-refractivity contribution in [3.05, 3.63) is 0 Å². The molecule has 14 heavy (non-hydrogen) atoms. The topological polar surface area (TPSA) is 55.6 Å². The molecule has 2 unspecified atom stereocenters. The van der Waals surface area contributed by atoms with Gasteiger partial charge in [0, 0.05) is 25.3 Å². The van der Waals surface area contributed by atoms with Crippen LogP contribution in [0.25, 0.3) is 0 Å². The third kappa shape index (κ3) is 4.30. The molecule has 0 radical (unpaired) electrons. The number of rotatable bonds is 4. The summed E-state index contributed by atoms with van der Waals surface area (Å²) in [6.45, 7) is 5.98. The molecule has 1 fully saturated rings. The van der Waals surface area contributed by atoms with Crippen molar-refractivity contribution in [2.24, 2.45) is 5.73 Å². The average Bonchev–Trinajstić information content (AvgIpc) is 2.01. The fourth-order valence-corrected chi connectivity index (χ4v) is 2.69. The zero-order valence-electron chi connectivity index (χ0n) is 8.73. The van der Waals surface area contributed by atoms with Crippen molar-refractivity contribution >= 4 is 17.9 Å². The van der Waals surface area contributed by atoms with E-state index < -0.39 is 0 Å². The van der Waals surface area contributed by atoms with Gasteiger partial charge in [0.2, 0.25) is 5.91 Å². The number of amides is 1. The Labute approximate surface area is 89.3 Å². The molecule has 0 aromatic carbocycles. The van der Waals surface area contributed by atoms with Gasteiger partial charge in [0.25, 0.3) is 0 Å². The van der Waals surface area contributed by atoms with Crippen molar-refractivity contribution in [2.45, 2.75) is 32.5 Å². The van der Waals surface area contributed by atoms with Crippen LogP contribution in [-0.4, -0.2) is 41.3 Å². The highest BCUT2D eigenvalue weighted by Gasteiger charge is 2.22. The maximum absolute atomic E-state index is 10.5. The first-order valence-corrected chi connectivity index (χ1v) is 5.84. The summed E-state index contributed by atoms with van der Waals surface area (Å²) in [7, 11) is 0. The first-order chi connectivity index (χ1) is 6.58. The van der Waals surface area contributed by atoms with Gasteiger partial charge in [0.05, 0.1) is 12.2 Å². The molecule has 0 aromatic rings. The molecule has 1 aliphatic rings. The monoisotopic (exact) mass is 218 g/mol. The highest BCUT2D eigenvalue weighted by Crippen LogP contribution is 2.19. The van der Waals surface area contributed by atoms with E-state index in [1.807, 2.05) is 0 Å². The van der Waals surface area contributed by atoms with Gasteiger partial charge >= 0.3 is 0 Å². The van der Waals surface area contributed by atoms with Crippen LogP contribution in [-0.2, 0) is 9.53 Å². The predicted octanol–water partition coefficient (Wildman–Crippen LogP) is 0.619. The number of nitrogens with two attached hydrogens (primary N) is 1. The van der Waals surface area contributed by atoms with E-state index >= 15 is 0 Å². The number of hydrogen-bond donors (Lipinski definition) is 1. The second-order valence-electron chi connectivity index (χ2n) is 3.65. The molecule has 1 aliphatic heterocycles. The lowest BCUT2D eigenvalue weighted by Crippen LogP contribution is -2.42. The summed E-state index contributed by atoms with van der Waals surface area (Å²) in [6.07, 6.45) is 1.00. The minimum atomic E-state index is -0.230. The van der Waals surface area contributed by atoms with Crippen LogP contribution >= 0.6 is 11.9 Å². The number of carbonyl (C=O) groups excluding carboxylic acids is 1.